The molecule has 0 atom stereocenters. The Morgan fingerprint density at radius 1 is 0.714 bits per heavy atom. The average molecular weight is 587 g/mol. The summed E-state index contributed by atoms with van der Waals surface area (Å²) in [5, 5.41) is 9.34. The molecule has 1 saturated carbocycles. The number of benzene rings is 3. The molecule has 1 N–H and O–H groups in total. The van der Waals surface area contributed by atoms with Crippen molar-refractivity contribution in [1.82, 2.24) is 0 Å². The van der Waals surface area contributed by atoms with Gasteiger partial charge in [0.2, 0.25) is 0 Å². The van der Waals surface area contributed by atoms with E-state index in [1.165, 1.54) is 70.6 Å². The highest BCUT2D eigenvalue weighted by molar-refractivity contribution is 5.94. The Morgan fingerprint density at radius 3 is 1.88 bits per heavy atom. The molecule has 0 saturated heterocycles. The fraction of sp³-hybridized carbons (Fsp3) is 0.457. The van der Waals surface area contributed by atoms with E-state index in [1.54, 1.807) is 12.1 Å². The van der Waals surface area contributed by atoms with Crippen LogP contribution in [0.5, 0.6) is 0 Å². The number of carbonyl (C=O) groups is 1. The molecular weight excluding hydrogens is 547 g/mol. The first-order chi connectivity index (χ1) is 20.2. The van der Waals surface area contributed by atoms with Crippen LogP contribution in [-0.4, -0.2) is 11.1 Å². The van der Waals surface area contributed by atoms with Crippen molar-refractivity contribution in [2.24, 2.45) is 11.8 Å². The Bertz CT molecular complexity index is 1340. The standard InChI is InChI=1S/C35H39F5O2/c1-2-3-4-5-6-7-8-22-9-11-23(12-10-22)13-14-24-15-17-25(18-16-24)27-21-28(36)32(35(41)42)34(40)31(27)26-19-29(37)33(39)30(38)20-26/h15-23H,2-14H2,1H3,(H,41,42)/t22-,23-. The molecule has 0 spiro atoms. The quantitative estimate of drug-likeness (QED) is 0.123. The third-order valence-electron chi connectivity index (χ3n) is 8.74. The van der Waals surface area contributed by atoms with Crippen LogP contribution >= 0.6 is 0 Å². The zero-order valence-corrected chi connectivity index (χ0v) is 24.1. The third kappa shape index (κ3) is 7.78. The minimum absolute atomic E-state index is 0.0874. The van der Waals surface area contributed by atoms with Crippen molar-refractivity contribution in [3.05, 3.63) is 82.7 Å². The summed E-state index contributed by atoms with van der Waals surface area (Å²) in [6, 6.07) is 8.97. The Morgan fingerprint density at radius 2 is 1.29 bits per heavy atom. The maximum atomic E-state index is 15.4. The highest BCUT2D eigenvalue weighted by atomic mass is 19.2. The topological polar surface area (TPSA) is 37.3 Å². The van der Waals surface area contributed by atoms with Crippen molar-refractivity contribution in [1.29, 1.82) is 0 Å². The molecule has 0 aromatic heterocycles. The second-order valence-electron chi connectivity index (χ2n) is 11.7. The smallest absolute Gasteiger partial charge is 0.341 e. The Balaban J connectivity index is 1.42. The maximum absolute atomic E-state index is 15.4. The average Bonchev–Trinajstić information content (AvgIpc) is 2.97. The Hall–Kier alpha value is -3.22. The fourth-order valence-electron chi connectivity index (χ4n) is 6.27. The molecule has 0 unspecified atom stereocenters. The lowest BCUT2D eigenvalue weighted by atomic mass is 9.77. The largest absolute Gasteiger partial charge is 0.477 e. The van der Waals surface area contributed by atoms with Gasteiger partial charge in [-0.15, -0.1) is 0 Å². The number of hydrogen-bond donors (Lipinski definition) is 1. The van der Waals surface area contributed by atoms with Gasteiger partial charge in [-0.1, -0.05) is 102 Å². The highest BCUT2D eigenvalue weighted by Crippen LogP contribution is 2.39. The van der Waals surface area contributed by atoms with Gasteiger partial charge in [-0.05, 0) is 65.1 Å². The van der Waals surface area contributed by atoms with Gasteiger partial charge in [-0.25, -0.2) is 26.7 Å². The molecule has 0 heterocycles. The summed E-state index contributed by atoms with van der Waals surface area (Å²) < 4.78 is 71.7. The molecule has 1 fully saturated rings. The van der Waals surface area contributed by atoms with Gasteiger partial charge in [-0.2, -0.15) is 0 Å². The predicted octanol–water partition coefficient (Wildman–Crippen LogP) is 10.9. The van der Waals surface area contributed by atoms with Gasteiger partial charge in [0, 0.05) is 5.56 Å². The second kappa shape index (κ2) is 14.8. The number of aromatic carboxylic acids is 1. The normalized spacial score (nSPS) is 17.0. The predicted molar refractivity (Wildman–Crippen MR) is 156 cm³/mol. The van der Waals surface area contributed by atoms with E-state index in [9.17, 15) is 27.5 Å². The fourth-order valence-corrected chi connectivity index (χ4v) is 6.27. The molecule has 226 valence electrons. The van der Waals surface area contributed by atoms with Crippen molar-refractivity contribution in [2.75, 3.05) is 0 Å². The minimum Gasteiger partial charge on any atom is -0.477 e. The van der Waals surface area contributed by atoms with Crippen LogP contribution in [0.15, 0.2) is 42.5 Å². The first-order valence-corrected chi connectivity index (χ1v) is 15.2. The molecule has 1 aliphatic carbocycles. The van der Waals surface area contributed by atoms with Crippen LogP contribution in [0.25, 0.3) is 22.3 Å². The Labute approximate surface area is 245 Å². The van der Waals surface area contributed by atoms with Crippen molar-refractivity contribution in [3.63, 3.8) is 0 Å². The number of unbranched alkanes of at least 4 members (excludes halogenated alkanes) is 5. The first kappa shape index (κ1) is 31.7. The number of carboxylic acids is 1. The summed E-state index contributed by atoms with van der Waals surface area (Å²) in [6.07, 6.45) is 16.3. The molecule has 0 aliphatic heterocycles. The van der Waals surface area contributed by atoms with Crippen LogP contribution in [0.4, 0.5) is 22.0 Å². The molecule has 3 aromatic carbocycles. The van der Waals surface area contributed by atoms with E-state index < -0.39 is 51.7 Å². The van der Waals surface area contributed by atoms with Gasteiger partial charge >= 0.3 is 5.97 Å². The van der Waals surface area contributed by atoms with E-state index >= 15 is 4.39 Å². The van der Waals surface area contributed by atoms with E-state index in [0.717, 1.165) is 30.4 Å². The van der Waals surface area contributed by atoms with Crippen LogP contribution in [-0.2, 0) is 6.42 Å². The second-order valence-corrected chi connectivity index (χ2v) is 11.7. The third-order valence-corrected chi connectivity index (χ3v) is 8.74. The number of rotatable bonds is 13. The van der Waals surface area contributed by atoms with E-state index in [-0.39, 0.29) is 5.56 Å². The van der Waals surface area contributed by atoms with Gasteiger partial charge in [0.05, 0.1) is 0 Å². The van der Waals surface area contributed by atoms with Crippen molar-refractivity contribution in [3.8, 4) is 22.3 Å². The molecule has 0 radical (unpaired) electrons. The zero-order valence-electron chi connectivity index (χ0n) is 24.1. The lowest BCUT2D eigenvalue weighted by Crippen LogP contribution is -2.15. The van der Waals surface area contributed by atoms with Gasteiger partial charge in [-0.3, -0.25) is 0 Å². The monoisotopic (exact) mass is 586 g/mol. The zero-order chi connectivity index (χ0) is 30.2. The first-order valence-electron chi connectivity index (χ1n) is 15.2. The number of hydrogen-bond acceptors (Lipinski definition) is 1. The molecule has 7 heteroatoms. The van der Waals surface area contributed by atoms with E-state index in [2.05, 4.69) is 6.92 Å². The van der Waals surface area contributed by atoms with Crippen molar-refractivity contribution in [2.45, 2.75) is 90.4 Å². The molecule has 0 bridgehead atoms. The van der Waals surface area contributed by atoms with Crippen LogP contribution in [0.2, 0.25) is 0 Å². The summed E-state index contributed by atoms with van der Waals surface area (Å²) in [7, 11) is 0. The van der Waals surface area contributed by atoms with Crippen LogP contribution in [0.1, 0.15) is 99.9 Å². The van der Waals surface area contributed by atoms with Crippen LogP contribution in [0.3, 0.4) is 0 Å². The lowest BCUT2D eigenvalue weighted by Gasteiger charge is -2.28. The van der Waals surface area contributed by atoms with Gasteiger partial charge in [0.15, 0.2) is 17.5 Å². The van der Waals surface area contributed by atoms with E-state index in [4.69, 9.17) is 0 Å². The van der Waals surface area contributed by atoms with Crippen molar-refractivity contribution >= 4 is 5.97 Å². The van der Waals surface area contributed by atoms with Crippen LogP contribution < -0.4 is 0 Å². The Kier molecular flexibility index (Phi) is 11.2. The molecule has 2 nitrogen and oxygen atoms in total. The van der Waals surface area contributed by atoms with Crippen LogP contribution in [0, 0.1) is 40.9 Å². The number of aryl methyl sites for hydroxylation is 1. The summed E-state index contributed by atoms with van der Waals surface area (Å²) in [4.78, 5) is 11.5. The molecule has 0 amide bonds. The molecule has 4 rings (SSSR count). The molecule has 3 aromatic rings. The summed E-state index contributed by atoms with van der Waals surface area (Å²) in [5.41, 5.74) is -0.900. The number of halogens is 5. The summed E-state index contributed by atoms with van der Waals surface area (Å²) in [6.45, 7) is 2.24. The highest BCUT2D eigenvalue weighted by Gasteiger charge is 2.27. The minimum atomic E-state index is -1.87. The van der Waals surface area contributed by atoms with Gasteiger partial charge in [0.1, 0.15) is 17.2 Å². The van der Waals surface area contributed by atoms with Crippen molar-refractivity contribution < 1.29 is 31.9 Å². The van der Waals surface area contributed by atoms with Gasteiger partial charge in [0.25, 0.3) is 0 Å². The van der Waals surface area contributed by atoms with Gasteiger partial charge < -0.3 is 5.11 Å². The maximum Gasteiger partial charge on any atom is 0.341 e. The molecular formula is C35H39F5O2. The van der Waals surface area contributed by atoms with E-state index in [1.807, 2.05) is 12.1 Å². The lowest BCUT2D eigenvalue weighted by molar-refractivity contribution is 0.0686. The SMILES string of the molecule is CCCCCCCC[C@H]1CC[C@H](CCc2ccc(-c3cc(F)c(C(=O)O)c(F)c3-c3cc(F)c(F)c(F)c3)cc2)CC1. The molecule has 42 heavy (non-hydrogen) atoms. The summed E-state index contributed by atoms with van der Waals surface area (Å²) in [5.74, 6) is -8.03. The van der Waals surface area contributed by atoms with E-state index in [0.29, 0.717) is 23.6 Å². The molecule has 1 aliphatic rings. The number of carboxylic acid groups (broad SMARTS) is 1. The summed E-state index contributed by atoms with van der Waals surface area (Å²) >= 11 is 0.